The summed E-state index contributed by atoms with van der Waals surface area (Å²) in [5.41, 5.74) is 1.07. The third-order valence-electron chi connectivity index (χ3n) is 2.35. The zero-order valence-corrected chi connectivity index (χ0v) is 12.0. The van der Waals surface area contributed by atoms with Crippen LogP contribution in [0.3, 0.4) is 0 Å². The highest BCUT2D eigenvalue weighted by molar-refractivity contribution is 6.08. The van der Waals surface area contributed by atoms with Gasteiger partial charge in [-0.05, 0) is 20.8 Å². The molecular formula is C17H20O3. The van der Waals surface area contributed by atoms with E-state index < -0.39 is 5.60 Å². The van der Waals surface area contributed by atoms with Gasteiger partial charge in [-0.1, -0.05) is 60.7 Å². The van der Waals surface area contributed by atoms with E-state index in [1.807, 2.05) is 60.7 Å². The first-order valence-electron chi connectivity index (χ1n) is 6.41. The molecule has 0 amide bonds. The van der Waals surface area contributed by atoms with Crippen molar-refractivity contribution >= 4 is 5.78 Å². The lowest BCUT2D eigenvalue weighted by molar-refractivity contribution is -0.306. The van der Waals surface area contributed by atoms with E-state index >= 15 is 0 Å². The van der Waals surface area contributed by atoms with Crippen LogP contribution in [0, 0.1) is 0 Å². The third kappa shape index (κ3) is 5.78. The van der Waals surface area contributed by atoms with Crippen molar-refractivity contribution in [1.29, 1.82) is 0 Å². The fourth-order valence-corrected chi connectivity index (χ4v) is 1.35. The molecule has 0 saturated heterocycles. The average Bonchev–Trinajstić information content (AvgIpc) is 2.48. The molecule has 1 N–H and O–H groups in total. The van der Waals surface area contributed by atoms with Crippen LogP contribution in [-0.2, 0) is 4.89 Å². The van der Waals surface area contributed by atoms with Gasteiger partial charge in [-0.15, -0.1) is 0 Å². The van der Waals surface area contributed by atoms with E-state index in [1.54, 1.807) is 20.8 Å². The first-order valence-corrected chi connectivity index (χ1v) is 6.41. The molecule has 0 fully saturated rings. The number of carbonyl (C=O) groups is 1. The average molecular weight is 272 g/mol. The van der Waals surface area contributed by atoms with Crippen LogP contribution in [0.25, 0.3) is 0 Å². The molecule has 0 unspecified atom stereocenters. The maximum absolute atomic E-state index is 11.8. The molecule has 0 aromatic heterocycles. The monoisotopic (exact) mass is 272 g/mol. The Hall–Kier alpha value is -1.97. The van der Waals surface area contributed by atoms with Gasteiger partial charge >= 0.3 is 0 Å². The molecule has 2 aromatic carbocycles. The van der Waals surface area contributed by atoms with Crippen LogP contribution in [-0.4, -0.2) is 16.6 Å². The minimum Gasteiger partial charge on any atom is -0.289 e. The van der Waals surface area contributed by atoms with Gasteiger partial charge < -0.3 is 0 Å². The SMILES string of the molecule is CC(C)(C)OO.O=C(c1ccccc1)c1ccccc1. The quantitative estimate of drug-likeness (QED) is 0.506. The summed E-state index contributed by atoms with van der Waals surface area (Å²) in [7, 11) is 0. The Morgan fingerprint density at radius 1 is 0.850 bits per heavy atom. The van der Waals surface area contributed by atoms with Gasteiger partial charge in [0.1, 0.15) is 0 Å². The standard InChI is InChI=1S/C13H10O.C4H10O2/c14-13(11-7-3-1-4-8-11)12-9-5-2-6-10-12;1-4(2,3)6-5/h1-10H;5H,1-3H3. The van der Waals surface area contributed by atoms with Crippen LogP contribution < -0.4 is 0 Å². The van der Waals surface area contributed by atoms with E-state index in [9.17, 15) is 4.79 Å². The molecule has 0 aliphatic rings. The van der Waals surface area contributed by atoms with E-state index in [2.05, 4.69) is 4.89 Å². The minimum absolute atomic E-state index is 0.0752. The predicted octanol–water partition coefficient (Wildman–Crippen LogP) is 4.19. The van der Waals surface area contributed by atoms with Gasteiger partial charge in [0.2, 0.25) is 0 Å². The van der Waals surface area contributed by atoms with Crippen molar-refractivity contribution in [2.75, 3.05) is 0 Å². The Morgan fingerprint density at radius 2 is 1.15 bits per heavy atom. The van der Waals surface area contributed by atoms with Crippen LogP contribution in [0.4, 0.5) is 0 Å². The number of carbonyl (C=O) groups excluding carboxylic acids is 1. The highest BCUT2D eigenvalue weighted by Gasteiger charge is 2.07. The first kappa shape index (κ1) is 16.1. The molecule has 2 rings (SSSR count). The van der Waals surface area contributed by atoms with E-state index in [0.717, 1.165) is 11.1 Å². The first-order chi connectivity index (χ1) is 9.44. The lowest BCUT2D eigenvalue weighted by Gasteiger charge is -2.10. The number of ketones is 1. The molecule has 2 aromatic rings. The van der Waals surface area contributed by atoms with Crippen LogP contribution in [0.5, 0.6) is 0 Å². The number of hydrogen-bond donors (Lipinski definition) is 1. The second-order valence-corrected chi connectivity index (χ2v) is 5.26. The molecular weight excluding hydrogens is 252 g/mol. The van der Waals surface area contributed by atoms with Crippen molar-refractivity contribution in [3.8, 4) is 0 Å². The van der Waals surface area contributed by atoms with Crippen LogP contribution in [0.2, 0.25) is 0 Å². The van der Waals surface area contributed by atoms with E-state index in [-0.39, 0.29) is 5.78 Å². The molecule has 106 valence electrons. The molecule has 0 bridgehead atoms. The Morgan fingerprint density at radius 3 is 1.40 bits per heavy atom. The van der Waals surface area contributed by atoms with Gasteiger partial charge in [0, 0.05) is 11.1 Å². The van der Waals surface area contributed by atoms with Gasteiger partial charge in [0.05, 0.1) is 5.60 Å². The van der Waals surface area contributed by atoms with Crippen molar-refractivity contribution in [1.82, 2.24) is 0 Å². The third-order valence-corrected chi connectivity index (χ3v) is 2.35. The van der Waals surface area contributed by atoms with Gasteiger partial charge in [0.15, 0.2) is 5.78 Å². The summed E-state index contributed by atoms with van der Waals surface area (Å²) in [6.45, 7) is 5.31. The highest BCUT2D eigenvalue weighted by atomic mass is 17.1. The largest absolute Gasteiger partial charge is 0.289 e. The summed E-state index contributed by atoms with van der Waals surface area (Å²) in [5, 5.41) is 7.90. The summed E-state index contributed by atoms with van der Waals surface area (Å²) in [6.07, 6.45) is 0. The topological polar surface area (TPSA) is 46.5 Å². The van der Waals surface area contributed by atoms with E-state index in [1.165, 1.54) is 0 Å². The molecule has 0 aliphatic heterocycles. The Labute approximate surface area is 119 Å². The fraction of sp³-hybridized carbons (Fsp3) is 0.235. The van der Waals surface area contributed by atoms with E-state index in [4.69, 9.17) is 5.26 Å². The number of hydrogen-bond acceptors (Lipinski definition) is 3. The lowest BCUT2D eigenvalue weighted by Crippen LogP contribution is -2.15. The summed E-state index contributed by atoms with van der Waals surface area (Å²) >= 11 is 0. The minimum atomic E-state index is -0.403. The smallest absolute Gasteiger partial charge is 0.193 e. The normalized spacial score (nSPS) is 10.4. The molecule has 0 radical (unpaired) electrons. The van der Waals surface area contributed by atoms with Crippen molar-refractivity contribution in [3.05, 3.63) is 71.8 Å². The predicted molar refractivity (Wildman–Crippen MR) is 79.8 cm³/mol. The zero-order valence-electron chi connectivity index (χ0n) is 12.0. The van der Waals surface area contributed by atoms with E-state index in [0.29, 0.717) is 0 Å². The second kappa shape index (κ2) is 7.58. The Balaban J connectivity index is 0.000000286. The van der Waals surface area contributed by atoms with Crippen LogP contribution >= 0.6 is 0 Å². The van der Waals surface area contributed by atoms with Crippen molar-refractivity contribution in [3.63, 3.8) is 0 Å². The van der Waals surface area contributed by atoms with Gasteiger partial charge in [-0.2, -0.15) is 0 Å². The van der Waals surface area contributed by atoms with Gasteiger partial charge in [-0.3, -0.25) is 10.1 Å². The molecule has 0 spiro atoms. The second-order valence-electron chi connectivity index (χ2n) is 5.26. The summed E-state index contributed by atoms with van der Waals surface area (Å²) < 4.78 is 0. The summed E-state index contributed by atoms with van der Waals surface area (Å²) in [4.78, 5) is 15.8. The van der Waals surface area contributed by atoms with Crippen molar-refractivity contribution < 1.29 is 14.9 Å². The molecule has 0 saturated carbocycles. The summed E-state index contributed by atoms with van der Waals surface area (Å²) in [5.74, 6) is 0.0752. The number of benzene rings is 2. The molecule has 0 atom stereocenters. The Bertz CT molecular complexity index is 471. The zero-order chi connectivity index (χ0) is 15.0. The molecule has 0 aliphatic carbocycles. The van der Waals surface area contributed by atoms with Crippen LogP contribution in [0.15, 0.2) is 60.7 Å². The van der Waals surface area contributed by atoms with Crippen molar-refractivity contribution in [2.45, 2.75) is 26.4 Å². The molecule has 0 heterocycles. The highest BCUT2D eigenvalue weighted by Crippen LogP contribution is 2.08. The molecule has 20 heavy (non-hydrogen) atoms. The van der Waals surface area contributed by atoms with Crippen molar-refractivity contribution in [2.24, 2.45) is 0 Å². The fourth-order valence-electron chi connectivity index (χ4n) is 1.35. The maximum Gasteiger partial charge on any atom is 0.193 e. The number of rotatable bonds is 2. The Kier molecular flexibility index (Phi) is 6.10. The lowest BCUT2D eigenvalue weighted by atomic mass is 10.0. The van der Waals surface area contributed by atoms with Gasteiger partial charge in [0.25, 0.3) is 0 Å². The van der Waals surface area contributed by atoms with Gasteiger partial charge in [-0.25, -0.2) is 4.89 Å². The maximum atomic E-state index is 11.8. The molecule has 3 nitrogen and oxygen atoms in total. The summed E-state index contributed by atoms with van der Waals surface area (Å²) in [6, 6.07) is 18.6. The molecule has 3 heteroatoms. The van der Waals surface area contributed by atoms with Crippen LogP contribution in [0.1, 0.15) is 36.7 Å².